The summed E-state index contributed by atoms with van der Waals surface area (Å²) < 4.78 is 55.4. The summed E-state index contributed by atoms with van der Waals surface area (Å²) in [5.74, 6) is -0.643. The van der Waals surface area contributed by atoms with Crippen LogP contribution in [0.4, 0.5) is 23.4 Å². The van der Waals surface area contributed by atoms with E-state index in [4.69, 9.17) is 11.6 Å². The lowest BCUT2D eigenvalue weighted by Crippen LogP contribution is -2.17. The van der Waals surface area contributed by atoms with E-state index in [-0.39, 0.29) is 36.8 Å². The van der Waals surface area contributed by atoms with E-state index in [2.05, 4.69) is 31.4 Å². The molecule has 0 atom stereocenters. The van der Waals surface area contributed by atoms with Gasteiger partial charge in [-0.3, -0.25) is 14.2 Å². The van der Waals surface area contributed by atoms with Gasteiger partial charge in [-0.2, -0.15) is 23.4 Å². The third kappa shape index (κ3) is 5.01. The first kappa shape index (κ1) is 22.3. The second kappa shape index (κ2) is 8.76. The lowest BCUT2D eigenvalue weighted by Gasteiger charge is -2.06. The molecule has 0 aliphatic rings. The van der Waals surface area contributed by atoms with Crippen molar-refractivity contribution in [3.8, 4) is 0 Å². The fourth-order valence-electron chi connectivity index (χ4n) is 2.69. The fourth-order valence-corrected chi connectivity index (χ4v) is 3.35. The van der Waals surface area contributed by atoms with Crippen LogP contribution in [0.15, 0.2) is 34.9 Å². The Bertz CT molecular complexity index is 1080. The summed E-state index contributed by atoms with van der Waals surface area (Å²) in [5.41, 5.74) is -0.638. The molecule has 0 saturated carbocycles. The zero-order valence-electron chi connectivity index (χ0n) is 15.5. The Hall–Kier alpha value is -2.40. The van der Waals surface area contributed by atoms with Gasteiger partial charge in [0.05, 0.1) is 28.3 Å². The van der Waals surface area contributed by atoms with Crippen molar-refractivity contribution in [1.82, 2.24) is 19.6 Å². The minimum absolute atomic E-state index is 0.0962. The number of halogens is 6. The van der Waals surface area contributed by atoms with Crippen molar-refractivity contribution in [2.24, 2.45) is 0 Å². The number of anilines is 1. The predicted molar refractivity (Wildman–Crippen MR) is 106 cm³/mol. The second-order valence-electron chi connectivity index (χ2n) is 6.38. The van der Waals surface area contributed by atoms with E-state index in [9.17, 15) is 22.4 Å². The third-order valence-electron chi connectivity index (χ3n) is 4.22. The molecule has 1 amide bonds. The Labute approximate surface area is 181 Å². The van der Waals surface area contributed by atoms with Gasteiger partial charge < -0.3 is 5.32 Å². The summed E-state index contributed by atoms with van der Waals surface area (Å²) in [7, 11) is 0. The smallest absolute Gasteiger partial charge is 0.308 e. The quantitative estimate of drug-likeness (QED) is 0.475. The molecule has 12 heteroatoms. The van der Waals surface area contributed by atoms with Crippen molar-refractivity contribution in [3.63, 3.8) is 0 Å². The molecular formula is C18H15BrClF4N5O. The van der Waals surface area contributed by atoms with Crippen LogP contribution in [0.25, 0.3) is 0 Å². The first-order chi connectivity index (χ1) is 14.1. The third-order valence-corrected chi connectivity index (χ3v) is 5.25. The molecule has 0 radical (unpaired) electrons. The molecule has 2 heterocycles. The zero-order chi connectivity index (χ0) is 22.1. The van der Waals surface area contributed by atoms with Crippen molar-refractivity contribution >= 4 is 39.3 Å². The highest BCUT2D eigenvalue weighted by Gasteiger charge is 2.38. The molecular weight excluding hydrogens is 494 g/mol. The van der Waals surface area contributed by atoms with E-state index in [0.29, 0.717) is 10.0 Å². The monoisotopic (exact) mass is 507 g/mol. The molecule has 6 nitrogen and oxygen atoms in total. The Morgan fingerprint density at radius 1 is 1.27 bits per heavy atom. The van der Waals surface area contributed by atoms with Crippen LogP contribution in [-0.2, 0) is 24.1 Å². The normalized spacial score (nSPS) is 11.7. The maximum absolute atomic E-state index is 13.8. The van der Waals surface area contributed by atoms with E-state index in [0.717, 1.165) is 4.68 Å². The van der Waals surface area contributed by atoms with Crippen LogP contribution in [0.2, 0.25) is 5.02 Å². The van der Waals surface area contributed by atoms with Crippen LogP contribution in [0, 0.1) is 12.7 Å². The molecule has 0 aliphatic carbocycles. The van der Waals surface area contributed by atoms with Gasteiger partial charge in [-0.05, 0) is 28.9 Å². The standard InChI is InChI=1S/C18H15BrClF4N5O/c1-10-15(20)16(18(22,23)24)26-29(10)7-6-14(30)25-17-12(19)9-28(27-17)8-11-4-2-3-5-13(11)21/h2-5,9H,6-8H2,1H3,(H,25,27,30). The van der Waals surface area contributed by atoms with Crippen molar-refractivity contribution in [2.75, 3.05) is 5.32 Å². The maximum atomic E-state index is 13.8. The predicted octanol–water partition coefficient (Wildman–Crippen LogP) is 5.04. The van der Waals surface area contributed by atoms with Crippen LogP contribution < -0.4 is 5.32 Å². The van der Waals surface area contributed by atoms with Crippen LogP contribution in [0.1, 0.15) is 23.4 Å². The van der Waals surface area contributed by atoms with E-state index in [1.54, 1.807) is 24.4 Å². The number of nitrogens with one attached hydrogen (secondary N) is 1. The van der Waals surface area contributed by atoms with E-state index in [1.807, 2.05) is 0 Å². The van der Waals surface area contributed by atoms with Crippen molar-refractivity contribution in [2.45, 2.75) is 32.6 Å². The zero-order valence-corrected chi connectivity index (χ0v) is 17.8. The average molecular weight is 509 g/mol. The number of alkyl halides is 3. The number of benzene rings is 1. The molecule has 3 aromatic rings. The SMILES string of the molecule is Cc1c(Cl)c(C(F)(F)F)nn1CCC(=O)Nc1nn(Cc2ccccc2F)cc1Br. The maximum Gasteiger partial charge on any atom is 0.436 e. The van der Waals surface area contributed by atoms with Crippen LogP contribution in [0.5, 0.6) is 0 Å². The molecule has 1 aromatic carbocycles. The van der Waals surface area contributed by atoms with Crippen LogP contribution in [-0.4, -0.2) is 25.5 Å². The van der Waals surface area contributed by atoms with Gasteiger partial charge in [0.15, 0.2) is 11.5 Å². The fraction of sp³-hybridized carbons (Fsp3) is 0.278. The van der Waals surface area contributed by atoms with Gasteiger partial charge in [0.2, 0.25) is 5.91 Å². The molecule has 0 spiro atoms. The number of nitrogens with zero attached hydrogens (tertiary/aromatic N) is 4. The number of hydrogen-bond donors (Lipinski definition) is 1. The van der Waals surface area contributed by atoms with Gasteiger partial charge in [-0.1, -0.05) is 29.8 Å². The molecule has 2 aromatic heterocycles. The summed E-state index contributed by atoms with van der Waals surface area (Å²) >= 11 is 8.96. The highest BCUT2D eigenvalue weighted by molar-refractivity contribution is 9.10. The van der Waals surface area contributed by atoms with E-state index in [1.165, 1.54) is 17.7 Å². The number of amides is 1. The van der Waals surface area contributed by atoms with Gasteiger partial charge >= 0.3 is 6.18 Å². The average Bonchev–Trinajstić information content (AvgIpc) is 3.15. The van der Waals surface area contributed by atoms with Crippen LogP contribution >= 0.6 is 27.5 Å². The Morgan fingerprint density at radius 3 is 2.60 bits per heavy atom. The van der Waals surface area contributed by atoms with Gasteiger partial charge in [0.25, 0.3) is 0 Å². The minimum atomic E-state index is -4.68. The highest BCUT2D eigenvalue weighted by atomic mass is 79.9. The summed E-state index contributed by atoms with van der Waals surface area (Å²) in [4.78, 5) is 12.2. The van der Waals surface area contributed by atoms with Crippen molar-refractivity contribution in [1.29, 1.82) is 0 Å². The molecule has 3 rings (SSSR count). The molecule has 0 bridgehead atoms. The lowest BCUT2D eigenvalue weighted by molar-refractivity contribution is -0.141. The Kier molecular flexibility index (Phi) is 6.51. The number of carbonyl (C=O) groups is 1. The summed E-state index contributed by atoms with van der Waals surface area (Å²) in [6, 6.07) is 6.24. The number of hydrogen-bond acceptors (Lipinski definition) is 3. The highest BCUT2D eigenvalue weighted by Crippen LogP contribution is 2.35. The van der Waals surface area contributed by atoms with Crippen molar-refractivity contribution < 1.29 is 22.4 Å². The molecule has 0 aliphatic heterocycles. The summed E-state index contributed by atoms with van der Waals surface area (Å²) in [6.45, 7) is 1.46. The summed E-state index contributed by atoms with van der Waals surface area (Å²) in [5, 5.41) is 9.72. The summed E-state index contributed by atoms with van der Waals surface area (Å²) in [6.07, 6.45) is -3.25. The lowest BCUT2D eigenvalue weighted by atomic mass is 10.2. The van der Waals surface area contributed by atoms with Gasteiger partial charge in [-0.15, -0.1) is 0 Å². The van der Waals surface area contributed by atoms with Gasteiger partial charge in [-0.25, -0.2) is 4.39 Å². The topological polar surface area (TPSA) is 64.7 Å². The Balaban J connectivity index is 1.63. The second-order valence-corrected chi connectivity index (χ2v) is 7.61. The number of aryl methyl sites for hydroxylation is 1. The number of rotatable bonds is 6. The van der Waals surface area contributed by atoms with E-state index < -0.39 is 22.8 Å². The molecule has 1 N–H and O–H groups in total. The Morgan fingerprint density at radius 2 is 1.97 bits per heavy atom. The molecule has 0 unspecified atom stereocenters. The van der Waals surface area contributed by atoms with Gasteiger partial charge in [0.1, 0.15) is 5.82 Å². The first-order valence-corrected chi connectivity index (χ1v) is 9.79. The molecule has 0 saturated heterocycles. The molecule has 0 fully saturated rings. The minimum Gasteiger partial charge on any atom is -0.308 e. The number of aromatic nitrogens is 4. The van der Waals surface area contributed by atoms with Crippen molar-refractivity contribution in [3.05, 3.63) is 62.7 Å². The van der Waals surface area contributed by atoms with Crippen LogP contribution in [0.3, 0.4) is 0 Å². The first-order valence-electron chi connectivity index (χ1n) is 8.62. The van der Waals surface area contributed by atoms with E-state index >= 15 is 0 Å². The number of carbonyl (C=O) groups excluding carboxylic acids is 1. The molecule has 30 heavy (non-hydrogen) atoms. The largest absolute Gasteiger partial charge is 0.436 e. The molecule has 160 valence electrons. The van der Waals surface area contributed by atoms with Gasteiger partial charge in [0, 0.05) is 18.2 Å².